The van der Waals surface area contributed by atoms with Crippen molar-refractivity contribution in [1.29, 1.82) is 0 Å². The second-order valence-corrected chi connectivity index (χ2v) is 9.50. The van der Waals surface area contributed by atoms with Crippen molar-refractivity contribution in [2.75, 3.05) is 32.9 Å². The number of rotatable bonds is 7. The highest BCUT2D eigenvalue weighted by Crippen LogP contribution is 2.37. The van der Waals surface area contributed by atoms with Gasteiger partial charge >= 0.3 is 0 Å². The van der Waals surface area contributed by atoms with Crippen LogP contribution in [0.5, 0.6) is 5.75 Å². The smallest absolute Gasteiger partial charge is 0.256 e. The third-order valence-corrected chi connectivity index (χ3v) is 7.25. The molecule has 8 nitrogen and oxygen atoms in total. The first-order valence-corrected chi connectivity index (χ1v) is 10.5. The number of hydrogen-bond donors (Lipinski definition) is 3. The summed E-state index contributed by atoms with van der Waals surface area (Å²) in [6.07, 6.45) is 1.57. The van der Waals surface area contributed by atoms with E-state index in [4.69, 9.17) is 10.5 Å². The number of nitrogens with zero attached hydrogens (tertiary/aromatic N) is 2. The number of nitrogens with one attached hydrogen (secondary N) is 1. The molecule has 0 spiro atoms. The Balaban J connectivity index is 1.77. The van der Waals surface area contributed by atoms with Gasteiger partial charge in [-0.25, -0.2) is 17.7 Å². The van der Waals surface area contributed by atoms with Gasteiger partial charge in [0.1, 0.15) is 11.6 Å². The van der Waals surface area contributed by atoms with Gasteiger partial charge in [-0.3, -0.25) is 0 Å². The number of aliphatic hydroxyl groups excluding tert-OH is 1. The fraction of sp³-hybridized carbons (Fsp3) is 0.421. The first-order valence-electron chi connectivity index (χ1n) is 9.04. The van der Waals surface area contributed by atoms with Crippen LogP contribution in [0.1, 0.15) is 23.7 Å². The average molecular weight is 407 g/mol. The van der Waals surface area contributed by atoms with Crippen molar-refractivity contribution >= 4 is 15.8 Å². The van der Waals surface area contributed by atoms with Gasteiger partial charge in [-0.2, -0.15) is 0 Å². The highest BCUT2D eigenvalue weighted by Gasteiger charge is 2.49. The van der Waals surface area contributed by atoms with Crippen molar-refractivity contribution in [3.8, 4) is 5.75 Å². The van der Waals surface area contributed by atoms with Crippen LogP contribution in [0.25, 0.3) is 0 Å². The molecule has 0 saturated heterocycles. The molecule has 1 aliphatic rings. The third-order valence-electron chi connectivity index (χ3n) is 4.92. The zero-order chi connectivity index (χ0) is 20.4. The second kappa shape index (κ2) is 8.04. The second-order valence-electron chi connectivity index (χ2n) is 7.07. The summed E-state index contributed by atoms with van der Waals surface area (Å²) < 4.78 is 33.4. The Labute approximate surface area is 165 Å². The number of benzene rings is 1. The quantitative estimate of drug-likeness (QED) is 0.625. The molecular weight excluding hydrogens is 380 g/mol. The van der Waals surface area contributed by atoms with Crippen LogP contribution < -0.4 is 15.8 Å². The molecule has 2 atom stereocenters. The summed E-state index contributed by atoms with van der Waals surface area (Å²) in [4.78, 5) is 2.52. The van der Waals surface area contributed by atoms with Gasteiger partial charge in [-0.15, -0.1) is 0 Å². The summed E-state index contributed by atoms with van der Waals surface area (Å²) in [6, 6.07) is 10.7. The molecule has 1 aromatic heterocycles. The largest absolute Gasteiger partial charge is 0.468 e. The molecule has 2 aromatic rings. The van der Waals surface area contributed by atoms with Crippen LogP contribution in [0.15, 0.2) is 42.6 Å². The van der Waals surface area contributed by atoms with Crippen LogP contribution in [0.2, 0.25) is 0 Å². The molecule has 0 saturated carbocycles. The average Bonchev–Trinajstić information content (AvgIpc) is 2.68. The van der Waals surface area contributed by atoms with Crippen LogP contribution in [0, 0.1) is 0 Å². The molecule has 2 unspecified atom stereocenters. The number of hydrogen-bond acceptors (Lipinski definition) is 7. The molecule has 9 heteroatoms. The lowest BCUT2D eigenvalue weighted by Crippen LogP contribution is -2.58. The van der Waals surface area contributed by atoms with Crippen LogP contribution in [-0.4, -0.2) is 54.9 Å². The number of pyridine rings is 1. The Bertz CT molecular complexity index is 918. The van der Waals surface area contributed by atoms with E-state index in [0.29, 0.717) is 30.0 Å². The molecule has 0 amide bonds. The standard InChI is InChI=1S/C19H26N4O4S/c1-23(2)28(25,26)19(10-9-14-5-3-4-6-17(14)27-19)13-21-12-16(24)15-7-8-18(20)22-11-15/h3-8,11,16,21,24H,9-10,12-13H2,1-2H3,(H2,20,22). The predicted molar refractivity (Wildman–Crippen MR) is 107 cm³/mol. The van der Waals surface area contributed by atoms with E-state index in [1.807, 2.05) is 18.2 Å². The van der Waals surface area contributed by atoms with Crippen LogP contribution in [0.3, 0.4) is 0 Å². The molecule has 0 aliphatic carbocycles. The van der Waals surface area contributed by atoms with Gasteiger partial charge < -0.3 is 20.9 Å². The van der Waals surface area contributed by atoms with Crippen molar-refractivity contribution < 1.29 is 18.3 Å². The zero-order valence-corrected chi connectivity index (χ0v) is 16.8. The molecule has 1 aliphatic heterocycles. The zero-order valence-electron chi connectivity index (χ0n) is 16.0. The van der Waals surface area contributed by atoms with Gasteiger partial charge in [-0.05, 0) is 24.1 Å². The van der Waals surface area contributed by atoms with Crippen molar-refractivity contribution in [3.05, 3.63) is 53.7 Å². The number of aryl methyl sites for hydroxylation is 1. The first-order chi connectivity index (χ1) is 13.2. The van der Waals surface area contributed by atoms with Crippen molar-refractivity contribution in [3.63, 3.8) is 0 Å². The van der Waals surface area contributed by atoms with Gasteiger partial charge in [0.25, 0.3) is 10.0 Å². The Hall–Kier alpha value is -2.20. The lowest BCUT2D eigenvalue weighted by molar-refractivity contribution is 0.109. The molecule has 2 heterocycles. The molecule has 0 radical (unpaired) electrons. The predicted octanol–water partition coefficient (Wildman–Crippen LogP) is 0.900. The fourth-order valence-electron chi connectivity index (χ4n) is 3.25. The van der Waals surface area contributed by atoms with Crippen molar-refractivity contribution in [2.45, 2.75) is 23.9 Å². The number of nitrogens with two attached hydrogens (primary N) is 1. The number of para-hydroxylation sites is 1. The molecule has 0 fully saturated rings. The molecular formula is C19H26N4O4S. The summed E-state index contributed by atoms with van der Waals surface area (Å²) in [5.74, 6) is 0.943. The Morgan fingerprint density at radius 2 is 2.07 bits per heavy atom. The summed E-state index contributed by atoms with van der Waals surface area (Å²) in [6.45, 7) is 0.197. The fourth-order valence-corrected chi connectivity index (χ4v) is 4.75. The number of ether oxygens (including phenoxy) is 1. The Kier molecular flexibility index (Phi) is 5.90. The number of fused-ring (bicyclic) bond motifs is 1. The number of sulfonamides is 1. The molecule has 28 heavy (non-hydrogen) atoms. The van der Waals surface area contributed by atoms with Gasteiger partial charge in [0.15, 0.2) is 0 Å². The van der Waals surface area contributed by atoms with Gasteiger partial charge in [0.2, 0.25) is 4.93 Å². The van der Waals surface area contributed by atoms with E-state index >= 15 is 0 Å². The SMILES string of the molecule is CN(C)S(=O)(=O)C1(CNCC(O)c2ccc(N)nc2)CCc2ccccc2O1. The van der Waals surface area contributed by atoms with Gasteiger partial charge in [0.05, 0.1) is 12.6 Å². The minimum atomic E-state index is -3.73. The summed E-state index contributed by atoms with van der Waals surface area (Å²) >= 11 is 0. The van der Waals surface area contributed by atoms with Crippen molar-refractivity contribution in [1.82, 2.24) is 14.6 Å². The highest BCUT2D eigenvalue weighted by molar-refractivity contribution is 7.90. The van der Waals surface area contributed by atoms with E-state index < -0.39 is 21.1 Å². The minimum Gasteiger partial charge on any atom is -0.468 e. The first kappa shape index (κ1) is 20.5. The summed E-state index contributed by atoms with van der Waals surface area (Å²) in [5.41, 5.74) is 7.15. The van der Waals surface area contributed by atoms with E-state index in [-0.39, 0.29) is 13.1 Å². The highest BCUT2D eigenvalue weighted by atomic mass is 32.2. The van der Waals surface area contributed by atoms with Crippen LogP contribution in [-0.2, 0) is 16.4 Å². The van der Waals surface area contributed by atoms with Gasteiger partial charge in [0, 0.05) is 38.8 Å². The normalized spacial score (nSPS) is 20.4. The lowest BCUT2D eigenvalue weighted by atomic mass is 10.0. The molecule has 1 aromatic carbocycles. The summed E-state index contributed by atoms with van der Waals surface area (Å²) in [7, 11) is -0.743. The topological polar surface area (TPSA) is 118 Å². The van der Waals surface area contributed by atoms with Crippen LogP contribution >= 0.6 is 0 Å². The molecule has 4 N–H and O–H groups in total. The number of nitrogen functional groups attached to an aromatic ring is 1. The maximum Gasteiger partial charge on any atom is 0.256 e. The van der Waals surface area contributed by atoms with E-state index in [9.17, 15) is 13.5 Å². The number of aliphatic hydroxyl groups is 1. The van der Waals surface area contributed by atoms with Crippen LogP contribution in [0.4, 0.5) is 5.82 Å². The Morgan fingerprint density at radius 3 is 2.75 bits per heavy atom. The summed E-state index contributed by atoms with van der Waals surface area (Å²) in [5, 5.41) is 13.4. The maximum absolute atomic E-state index is 13.1. The van der Waals surface area contributed by atoms with E-state index in [1.54, 1.807) is 18.2 Å². The van der Waals surface area contributed by atoms with E-state index in [0.717, 1.165) is 5.56 Å². The minimum absolute atomic E-state index is 0.0430. The Morgan fingerprint density at radius 1 is 1.32 bits per heavy atom. The number of anilines is 1. The maximum atomic E-state index is 13.1. The van der Waals surface area contributed by atoms with Crippen molar-refractivity contribution in [2.24, 2.45) is 0 Å². The lowest BCUT2D eigenvalue weighted by Gasteiger charge is -2.39. The molecule has 3 rings (SSSR count). The number of aromatic nitrogens is 1. The van der Waals surface area contributed by atoms with E-state index in [1.165, 1.54) is 24.6 Å². The monoisotopic (exact) mass is 406 g/mol. The molecule has 0 bridgehead atoms. The van der Waals surface area contributed by atoms with E-state index in [2.05, 4.69) is 10.3 Å². The van der Waals surface area contributed by atoms with Gasteiger partial charge in [-0.1, -0.05) is 24.3 Å². The third kappa shape index (κ3) is 3.97. The molecule has 152 valence electrons.